The molecule has 3 heterocycles. The quantitative estimate of drug-likeness (QED) is 0.391. The number of urea groups is 1. The number of hydrogen-bond acceptors (Lipinski definition) is 6. The minimum Gasteiger partial charge on any atom is -0.465 e. The van der Waals surface area contributed by atoms with Crippen LogP contribution >= 0.6 is 0 Å². The van der Waals surface area contributed by atoms with Crippen LogP contribution in [-0.2, 0) is 25.4 Å². The van der Waals surface area contributed by atoms with E-state index in [0.29, 0.717) is 44.0 Å². The first-order valence-corrected chi connectivity index (χ1v) is 15.9. The molecule has 1 unspecified atom stereocenters. The van der Waals surface area contributed by atoms with Gasteiger partial charge in [0.25, 0.3) is 5.91 Å². The lowest BCUT2D eigenvalue weighted by Gasteiger charge is -2.39. The molecular formula is C34H46N4O5. The molecular weight excluding hydrogens is 544 g/mol. The first-order chi connectivity index (χ1) is 21.0. The summed E-state index contributed by atoms with van der Waals surface area (Å²) < 4.78 is 16.7. The van der Waals surface area contributed by atoms with Gasteiger partial charge in [0.05, 0.1) is 13.2 Å². The van der Waals surface area contributed by atoms with Crippen LogP contribution in [0, 0.1) is 5.92 Å². The van der Waals surface area contributed by atoms with Gasteiger partial charge in [-0.05, 0) is 81.2 Å². The summed E-state index contributed by atoms with van der Waals surface area (Å²) in [5.74, 6) is 0.955. The standard InChI is InChI=1S/C34H46N4O5/c1-3-14-38(23-27-12-15-36(16-13-27)34(40)37-17-19-41-20-18-37)26(2)21-28-8-7-11-30(22-28)35-33(39)32-25-42-24-31(43-32)29-9-5-4-6-10-29/h4-5,7-9,11,22,24-27H,3,6,10,12-21,23H2,1-2H3,(H,35,39). The Labute approximate surface area is 255 Å². The number of allylic oxidation sites excluding steroid dienone is 4. The van der Waals surface area contributed by atoms with Crippen LogP contribution in [0.3, 0.4) is 0 Å². The molecule has 5 rings (SSSR count). The van der Waals surface area contributed by atoms with E-state index < -0.39 is 0 Å². The highest BCUT2D eigenvalue weighted by atomic mass is 16.5. The zero-order valence-electron chi connectivity index (χ0n) is 25.6. The fourth-order valence-corrected chi connectivity index (χ4v) is 6.18. The summed E-state index contributed by atoms with van der Waals surface area (Å²) in [4.78, 5) is 32.5. The number of amides is 3. The normalized spacial score (nSPS) is 20.0. The highest BCUT2D eigenvalue weighted by molar-refractivity contribution is 6.02. The zero-order valence-corrected chi connectivity index (χ0v) is 25.6. The third kappa shape index (κ3) is 8.51. The molecule has 1 atom stereocenters. The highest BCUT2D eigenvalue weighted by Gasteiger charge is 2.29. The maximum atomic E-state index is 13.0. The van der Waals surface area contributed by atoms with Gasteiger partial charge in [0, 0.05) is 44.5 Å². The van der Waals surface area contributed by atoms with Crippen LogP contribution in [0.5, 0.6) is 0 Å². The second-order valence-corrected chi connectivity index (χ2v) is 11.9. The Bertz CT molecular complexity index is 1240. The molecule has 1 aliphatic carbocycles. The van der Waals surface area contributed by atoms with Gasteiger partial charge in [-0.3, -0.25) is 4.79 Å². The van der Waals surface area contributed by atoms with E-state index in [1.54, 1.807) is 6.26 Å². The number of ether oxygens (including phenoxy) is 3. The van der Waals surface area contributed by atoms with Gasteiger partial charge in [0.2, 0.25) is 5.76 Å². The maximum absolute atomic E-state index is 13.0. The van der Waals surface area contributed by atoms with Gasteiger partial charge in [0.15, 0.2) is 5.76 Å². The fourth-order valence-electron chi connectivity index (χ4n) is 6.18. The summed E-state index contributed by atoms with van der Waals surface area (Å²) in [5, 5.41) is 2.98. The number of piperidine rings is 1. The minimum absolute atomic E-state index is 0.138. The number of anilines is 1. The molecule has 9 nitrogen and oxygen atoms in total. The summed E-state index contributed by atoms with van der Waals surface area (Å²) in [5.41, 5.74) is 2.92. The van der Waals surface area contributed by atoms with Crippen LogP contribution in [0.4, 0.5) is 10.5 Å². The molecule has 0 bridgehead atoms. The van der Waals surface area contributed by atoms with Crippen LogP contribution in [0.15, 0.2) is 72.1 Å². The number of nitrogens with one attached hydrogen (secondary N) is 1. The monoisotopic (exact) mass is 590 g/mol. The molecule has 0 radical (unpaired) electrons. The molecule has 2 saturated heterocycles. The molecule has 0 aromatic heterocycles. The van der Waals surface area contributed by atoms with Crippen molar-refractivity contribution in [2.24, 2.45) is 5.92 Å². The second kappa shape index (κ2) is 15.3. The van der Waals surface area contributed by atoms with Crippen LogP contribution in [-0.4, -0.2) is 85.2 Å². The largest absolute Gasteiger partial charge is 0.465 e. The maximum Gasteiger partial charge on any atom is 0.320 e. The predicted octanol–water partition coefficient (Wildman–Crippen LogP) is 5.44. The zero-order chi connectivity index (χ0) is 30.0. The molecule has 3 amide bonds. The number of likely N-dealkylation sites (tertiary alicyclic amines) is 1. The first-order valence-electron chi connectivity index (χ1n) is 15.9. The van der Waals surface area contributed by atoms with Crippen molar-refractivity contribution >= 4 is 17.6 Å². The SMILES string of the molecule is CCCN(CC1CCN(C(=O)N2CCOCC2)CC1)C(C)Cc1cccc(NC(=O)C2=COC=C(C3=CC=CCC3)O2)c1. The molecule has 43 heavy (non-hydrogen) atoms. The average Bonchev–Trinajstić information content (AvgIpc) is 3.05. The van der Waals surface area contributed by atoms with Crippen molar-refractivity contribution in [1.82, 2.24) is 14.7 Å². The molecule has 1 aromatic carbocycles. The lowest BCUT2D eigenvalue weighted by molar-refractivity contribution is -0.115. The van der Waals surface area contributed by atoms with Gasteiger partial charge in [-0.15, -0.1) is 0 Å². The number of hydrogen-bond donors (Lipinski definition) is 1. The van der Waals surface area contributed by atoms with E-state index in [2.05, 4.69) is 36.2 Å². The lowest BCUT2D eigenvalue weighted by atomic mass is 9.95. The summed E-state index contributed by atoms with van der Waals surface area (Å²) in [6.07, 6.45) is 14.8. The Morgan fingerprint density at radius 3 is 2.63 bits per heavy atom. The van der Waals surface area contributed by atoms with E-state index in [9.17, 15) is 9.59 Å². The van der Waals surface area contributed by atoms with Crippen molar-refractivity contribution in [3.05, 3.63) is 77.7 Å². The van der Waals surface area contributed by atoms with Crippen LogP contribution in [0.1, 0.15) is 51.5 Å². The van der Waals surface area contributed by atoms with Gasteiger partial charge in [-0.2, -0.15) is 0 Å². The van der Waals surface area contributed by atoms with Gasteiger partial charge in [-0.25, -0.2) is 4.79 Å². The average molecular weight is 591 g/mol. The first kappa shape index (κ1) is 30.9. The highest BCUT2D eigenvalue weighted by Crippen LogP contribution is 2.27. The number of morpholine rings is 1. The van der Waals surface area contributed by atoms with Crippen molar-refractivity contribution in [3.63, 3.8) is 0 Å². The van der Waals surface area contributed by atoms with E-state index in [1.165, 1.54) is 11.8 Å². The molecule has 3 aliphatic heterocycles. The van der Waals surface area contributed by atoms with Crippen molar-refractivity contribution in [2.75, 3.05) is 57.8 Å². The molecule has 1 aromatic rings. The molecule has 2 fully saturated rings. The third-order valence-electron chi connectivity index (χ3n) is 8.63. The van der Waals surface area contributed by atoms with Crippen molar-refractivity contribution in [3.8, 4) is 0 Å². The Balaban J connectivity index is 1.11. The Morgan fingerprint density at radius 1 is 1.09 bits per heavy atom. The van der Waals surface area contributed by atoms with Gasteiger partial charge in [0.1, 0.15) is 12.5 Å². The van der Waals surface area contributed by atoms with E-state index in [1.807, 2.05) is 40.2 Å². The molecule has 9 heteroatoms. The number of carbonyl (C=O) groups is 2. The number of nitrogens with zero attached hydrogens (tertiary/aromatic N) is 3. The van der Waals surface area contributed by atoms with E-state index in [-0.39, 0.29) is 17.7 Å². The van der Waals surface area contributed by atoms with Gasteiger partial charge >= 0.3 is 6.03 Å². The Hall–Kier alpha value is -3.56. The number of rotatable bonds is 10. The molecule has 0 saturated carbocycles. The van der Waals surface area contributed by atoms with Crippen LogP contribution in [0.25, 0.3) is 0 Å². The smallest absolute Gasteiger partial charge is 0.320 e. The summed E-state index contributed by atoms with van der Waals surface area (Å²) in [6, 6.07) is 8.57. The third-order valence-corrected chi connectivity index (χ3v) is 8.63. The lowest BCUT2D eigenvalue weighted by Crippen LogP contribution is -2.51. The molecule has 232 valence electrons. The van der Waals surface area contributed by atoms with Crippen molar-refractivity contribution in [1.29, 1.82) is 0 Å². The Kier molecular flexibility index (Phi) is 11.0. The van der Waals surface area contributed by atoms with Crippen LogP contribution < -0.4 is 5.32 Å². The van der Waals surface area contributed by atoms with Gasteiger partial charge in [-0.1, -0.05) is 37.3 Å². The van der Waals surface area contributed by atoms with E-state index in [4.69, 9.17) is 14.2 Å². The molecule has 0 spiro atoms. The molecule has 1 N–H and O–H groups in total. The predicted molar refractivity (Wildman–Crippen MR) is 167 cm³/mol. The topological polar surface area (TPSA) is 83.6 Å². The fraction of sp³-hybridized carbons (Fsp3) is 0.529. The van der Waals surface area contributed by atoms with E-state index in [0.717, 1.165) is 76.0 Å². The number of benzene rings is 1. The van der Waals surface area contributed by atoms with Crippen molar-refractivity contribution < 1.29 is 23.8 Å². The summed E-state index contributed by atoms with van der Waals surface area (Å²) in [6.45, 7) is 10.9. The van der Waals surface area contributed by atoms with Gasteiger partial charge < -0.3 is 34.2 Å². The molecule has 4 aliphatic rings. The summed E-state index contributed by atoms with van der Waals surface area (Å²) >= 11 is 0. The second-order valence-electron chi connectivity index (χ2n) is 11.9. The number of carbonyl (C=O) groups excluding carboxylic acids is 2. The van der Waals surface area contributed by atoms with E-state index >= 15 is 0 Å². The minimum atomic E-state index is -0.339. The summed E-state index contributed by atoms with van der Waals surface area (Å²) in [7, 11) is 0. The Morgan fingerprint density at radius 2 is 1.88 bits per heavy atom. The van der Waals surface area contributed by atoms with Crippen molar-refractivity contribution in [2.45, 2.75) is 58.4 Å². The van der Waals surface area contributed by atoms with Crippen LogP contribution in [0.2, 0.25) is 0 Å².